The summed E-state index contributed by atoms with van der Waals surface area (Å²) in [7, 11) is 0. The van der Waals surface area contributed by atoms with E-state index in [0.717, 1.165) is 49.5 Å². The predicted octanol–water partition coefficient (Wildman–Crippen LogP) is 10.5. The summed E-state index contributed by atoms with van der Waals surface area (Å²) in [5.41, 5.74) is 6.05. The molecule has 4 rings (SSSR count). The van der Waals surface area contributed by atoms with Crippen molar-refractivity contribution < 1.29 is 9.84 Å². The van der Waals surface area contributed by atoms with E-state index in [9.17, 15) is 5.11 Å². The number of hydrogen-bond donors (Lipinski definition) is 1. The first-order valence-corrected chi connectivity index (χ1v) is 17.0. The van der Waals surface area contributed by atoms with Crippen LogP contribution in [0, 0.1) is 23.7 Å². The summed E-state index contributed by atoms with van der Waals surface area (Å²) in [6.07, 6.45) is 24.2. The summed E-state index contributed by atoms with van der Waals surface area (Å²) in [4.78, 5) is 0. The largest absolute Gasteiger partial charge is 0.396 e. The van der Waals surface area contributed by atoms with Gasteiger partial charge in [0.1, 0.15) is 0 Å². The molecule has 0 aromatic heterocycles. The molecule has 1 aliphatic heterocycles. The van der Waals surface area contributed by atoms with Crippen molar-refractivity contribution in [2.24, 2.45) is 23.7 Å². The number of aliphatic hydroxyl groups is 1. The Morgan fingerprint density at radius 2 is 1.59 bits per heavy atom. The van der Waals surface area contributed by atoms with Crippen molar-refractivity contribution in [2.75, 3.05) is 13.2 Å². The Morgan fingerprint density at radius 3 is 2.15 bits per heavy atom. The highest BCUT2D eigenvalue weighted by Crippen LogP contribution is 2.45. The van der Waals surface area contributed by atoms with Gasteiger partial charge in [-0.25, -0.2) is 0 Å². The zero-order valence-corrected chi connectivity index (χ0v) is 26.4. The number of benzene rings is 1. The lowest BCUT2D eigenvalue weighted by Crippen LogP contribution is -2.25. The fourth-order valence-electron chi connectivity index (χ4n) is 7.40. The van der Waals surface area contributed by atoms with Crippen LogP contribution in [0.1, 0.15) is 154 Å². The van der Waals surface area contributed by atoms with Crippen LogP contribution in [-0.2, 0) is 11.2 Å². The molecule has 0 amide bonds. The molecule has 2 aliphatic carbocycles. The normalized spacial score (nSPS) is 27.9. The Labute approximate surface area is 242 Å². The zero-order chi connectivity index (χ0) is 28.0. The van der Waals surface area contributed by atoms with Gasteiger partial charge in [-0.1, -0.05) is 96.1 Å². The van der Waals surface area contributed by atoms with Gasteiger partial charge in [0.15, 0.2) is 0 Å². The highest BCUT2D eigenvalue weighted by molar-refractivity contribution is 5.57. The molecule has 2 saturated carbocycles. The number of ether oxygens (including phenoxy) is 1. The molecule has 222 valence electrons. The molecule has 1 heterocycles. The van der Waals surface area contributed by atoms with E-state index in [1.54, 1.807) is 5.56 Å². The third kappa shape index (κ3) is 11.0. The smallest absolute Gasteiger partial charge is 0.0812 e. The lowest BCUT2D eigenvalue weighted by atomic mass is 9.67. The average Bonchev–Trinajstić information content (AvgIpc) is 3.78. The number of allylic oxidation sites excluding steroid dienone is 1. The van der Waals surface area contributed by atoms with Crippen molar-refractivity contribution in [3.05, 3.63) is 40.5 Å². The Bertz CT molecular complexity index is 822. The monoisotopic (exact) mass is 538 g/mol. The van der Waals surface area contributed by atoms with Crippen LogP contribution in [0.4, 0.5) is 0 Å². The number of rotatable bonds is 13. The van der Waals surface area contributed by atoms with Crippen molar-refractivity contribution in [2.45, 2.75) is 149 Å². The molecular weight excluding hydrogens is 476 g/mol. The third-order valence-corrected chi connectivity index (χ3v) is 10.1. The summed E-state index contributed by atoms with van der Waals surface area (Å²) in [6.45, 7) is 12.4. The van der Waals surface area contributed by atoms with Crippen LogP contribution in [0.2, 0.25) is 0 Å². The number of aliphatic hydroxyl groups excluding tert-OH is 1. The van der Waals surface area contributed by atoms with Gasteiger partial charge < -0.3 is 9.84 Å². The van der Waals surface area contributed by atoms with Gasteiger partial charge in [-0.3, -0.25) is 0 Å². The van der Waals surface area contributed by atoms with Gasteiger partial charge in [-0.05, 0) is 117 Å². The highest BCUT2D eigenvalue weighted by atomic mass is 16.6. The van der Waals surface area contributed by atoms with Gasteiger partial charge in [0.25, 0.3) is 0 Å². The predicted molar refractivity (Wildman–Crippen MR) is 169 cm³/mol. The van der Waals surface area contributed by atoms with Gasteiger partial charge >= 0.3 is 0 Å². The highest BCUT2D eigenvalue weighted by Gasteiger charge is 2.32. The Kier molecular flexibility index (Phi) is 14.7. The Balaban J connectivity index is 0.00000134. The standard InChI is InChI=1S/C34H54O2.C3H8/c1-4-25(3)21-32-17-18-33(23-28(32)5-2)31-15-13-30(14-16-31)29-11-9-26(10-12-29)7-6-8-27(19-20-35)22-34-24-36-34;1-3-2/h17-18,21,23,26-27,29-31,34-35H,4-16,19-20,22,24H2,1-3H3;3H2,1-2H3/b25-21+;. The molecule has 3 aliphatic rings. The maximum Gasteiger partial charge on any atom is 0.0812 e. The van der Waals surface area contributed by atoms with E-state index in [4.69, 9.17) is 4.74 Å². The molecule has 0 spiro atoms. The summed E-state index contributed by atoms with van der Waals surface area (Å²) in [6, 6.07) is 7.37. The van der Waals surface area contributed by atoms with Crippen LogP contribution in [0.3, 0.4) is 0 Å². The summed E-state index contributed by atoms with van der Waals surface area (Å²) >= 11 is 0. The number of hydrogen-bond acceptors (Lipinski definition) is 2. The minimum atomic E-state index is 0.339. The minimum Gasteiger partial charge on any atom is -0.396 e. The second-order valence-corrected chi connectivity index (χ2v) is 13.3. The van der Waals surface area contributed by atoms with Crippen LogP contribution in [0.5, 0.6) is 0 Å². The van der Waals surface area contributed by atoms with Crippen LogP contribution in [-0.4, -0.2) is 24.4 Å². The minimum absolute atomic E-state index is 0.339. The fraction of sp³-hybridized carbons (Fsp3) is 0.784. The van der Waals surface area contributed by atoms with Crippen molar-refractivity contribution in [1.29, 1.82) is 0 Å². The first kappa shape index (κ1) is 32.4. The van der Waals surface area contributed by atoms with E-state index >= 15 is 0 Å². The zero-order valence-electron chi connectivity index (χ0n) is 26.4. The van der Waals surface area contributed by atoms with E-state index in [1.807, 2.05) is 0 Å². The van der Waals surface area contributed by atoms with Crippen LogP contribution >= 0.6 is 0 Å². The summed E-state index contributed by atoms with van der Waals surface area (Å²) in [5, 5.41) is 9.38. The molecule has 0 radical (unpaired) electrons. The number of epoxide rings is 1. The molecule has 2 nitrogen and oxygen atoms in total. The van der Waals surface area contributed by atoms with Crippen molar-refractivity contribution in [3.63, 3.8) is 0 Å². The summed E-state index contributed by atoms with van der Waals surface area (Å²) < 4.78 is 5.43. The molecule has 3 fully saturated rings. The van der Waals surface area contributed by atoms with Gasteiger partial charge in [-0.15, -0.1) is 0 Å². The van der Waals surface area contributed by atoms with Crippen molar-refractivity contribution in [3.8, 4) is 0 Å². The molecule has 1 aromatic carbocycles. The second-order valence-electron chi connectivity index (χ2n) is 13.3. The lowest BCUT2D eigenvalue weighted by molar-refractivity contribution is 0.154. The molecule has 0 bridgehead atoms. The molecule has 1 saturated heterocycles. The molecular formula is C37H62O2. The van der Waals surface area contributed by atoms with Gasteiger partial charge in [0.2, 0.25) is 0 Å². The SMILES string of the molecule is CC/C(C)=C/c1ccc(C2CCC(C3CCC(CCCC(CCO)CC4CO4)CC3)CC2)cc1CC.CCC. The molecule has 2 unspecified atom stereocenters. The average molecular weight is 539 g/mol. The second kappa shape index (κ2) is 17.6. The van der Waals surface area contributed by atoms with E-state index in [1.165, 1.54) is 100 Å². The maximum absolute atomic E-state index is 9.38. The van der Waals surface area contributed by atoms with Gasteiger partial charge in [0, 0.05) is 6.61 Å². The van der Waals surface area contributed by atoms with Gasteiger partial charge in [0.05, 0.1) is 12.7 Å². The number of aryl methyl sites for hydroxylation is 1. The Morgan fingerprint density at radius 1 is 0.949 bits per heavy atom. The molecule has 2 heteroatoms. The van der Waals surface area contributed by atoms with Crippen LogP contribution in [0.15, 0.2) is 23.8 Å². The third-order valence-electron chi connectivity index (χ3n) is 10.1. The first-order chi connectivity index (χ1) is 19.0. The molecule has 39 heavy (non-hydrogen) atoms. The quantitative estimate of drug-likeness (QED) is 0.253. The van der Waals surface area contributed by atoms with E-state index in [0.29, 0.717) is 18.6 Å². The van der Waals surface area contributed by atoms with E-state index in [-0.39, 0.29) is 0 Å². The molecule has 1 N–H and O–H groups in total. The van der Waals surface area contributed by atoms with Crippen molar-refractivity contribution in [1.82, 2.24) is 0 Å². The first-order valence-electron chi connectivity index (χ1n) is 17.0. The Hall–Kier alpha value is -1.12. The lowest BCUT2D eigenvalue weighted by Gasteiger charge is -2.38. The van der Waals surface area contributed by atoms with E-state index < -0.39 is 0 Å². The molecule has 2 atom stereocenters. The van der Waals surface area contributed by atoms with Crippen LogP contribution < -0.4 is 0 Å². The summed E-state index contributed by atoms with van der Waals surface area (Å²) in [5.74, 6) is 4.39. The fourth-order valence-corrected chi connectivity index (χ4v) is 7.40. The maximum atomic E-state index is 9.38. The van der Waals surface area contributed by atoms with Gasteiger partial charge in [-0.2, -0.15) is 0 Å². The van der Waals surface area contributed by atoms with Crippen molar-refractivity contribution >= 4 is 6.08 Å². The topological polar surface area (TPSA) is 32.8 Å². The van der Waals surface area contributed by atoms with E-state index in [2.05, 4.69) is 58.9 Å². The molecule has 1 aromatic rings. The van der Waals surface area contributed by atoms with Crippen LogP contribution in [0.25, 0.3) is 6.08 Å².